The zero-order chi connectivity index (χ0) is 14.7. The van der Waals surface area contributed by atoms with E-state index in [2.05, 4.69) is 21.2 Å². The molecule has 0 bridgehead atoms. The molecule has 2 aromatic carbocycles. The van der Waals surface area contributed by atoms with E-state index < -0.39 is 11.7 Å². The van der Waals surface area contributed by atoms with Crippen LogP contribution in [0, 0.1) is 12.7 Å². The molecule has 0 heterocycles. The predicted molar refractivity (Wildman–Crippen MR) is 79.8 cm³/mol. The molecule has 0 radical (unpaired) electrons. The molecule has 0 aliphatic rings. The number of methoxy groups -OCH3 is 1. The molecule has 3 nitrogen and oxygen atoms in total. The maximum absolute atomic E-state index is 13.8. The van der Waals surface area contributed by atoms with Crippen molar-refractivity contribution < 1.29 is 13.9 Å². The number of benzene rings is 2. The third-order valence-electron chi connectivity index (χ3n) is 2.72. The average molecular weight is 338 g/mol. The molecule has 5 heteroatoms. The third kappa shape index (κ3) is 3.36. The summed E-state index contributed by atoms with van der Waals surface area (Å²) < 4.78 is 19.6. The van der Waals surface area contributed by atoms with Crippen LogP contribution < -0.4 is 10.1 Å². The van der Waals surface area contributed by atoms with Gasteiger partial charge in [-0.2, -0.15) is 0 Å². The lowest BCUT2D eigenvalue weighted by atomic mass is 10.1. The molecule has 20 heavy (non-hydrogen) atoms. The lowest BCUT2D eigenvalue weighted by molar-refractivity contribution is 0.102. The Balaban J connectivity index is 2.23. The van der Waals surface area contributed by atoms with Gasteiger partial charge in [-0.15, -0.1) is 0 Å². The highest BCUT2D eigenvalue weighted by molar-refractivity contribution is 9.10. The van der Waals surface area contributed by atoms with Crippen LogP contribution in [0.3, 0.4) is 0 Å². The van der Waals surface area contributed by atoms with Crippen LogP contribution in [0.4, 0.5) is 10.1 Å². The van der Waals surface area contributed by atoms with Gasteiger partial charge in [0.25, 0.3) is 5.91 Å². The highest BCUT2D eigenvalue weighted by Gasteiger charge is 2.13. The van der Waals surface area contributed by atoms with Crippen molar-refractivity contribution in [3.05, 3.63) is 57.8 Å². The topological polar surface area (TPSA) is 38.3 Å². The monoisotopic (exact) mass is 337 g/mol. The first-order chi connectivity index (χ1) is 9.49. The van der Waals surface area contributed by atoms with Crippen LogP contribution in [0.25, 0.3) is 0 Å². The molecule has 0 saturated carbocycles. The standard InChI is InChI=1S/C15H13BrFNO2/c1-9-5-10(16)7-11(6-9)18-15(19)13-4-3-12(20-2)8-14(13)17/h3-8H,1-2H3,(H,18,19). The van der Waals surface area contributed by atoms with Gasteiger partial charge in [0.05, 0.1) is 12.7 Å². The minimum Gasteiger partial charge on any atom is -0.497 e. The molecule has 0 aliphatic heterocycles. The summed E-state index contributed by atoms with van der Waals surface area (Å²) in [6, 6.07) is 9.61. The lowest BCUT2D eigenvalue weighted by Crippen LogP contribution is -2.13. The molecule has 0 unspecified atom stereocenters. The molecule has 104 valence electrons. The van der Waals surface area contributed by atoms with Crippen molar-refractivity contribution in [3.8, 4) is 5.75 Å². The first-order valence-electron chi connectivity index (χ1n) is 5.91. The van der Waals surface area contributed by atoms with E-state index in [0.29, 0.717) is 11.4 Å². The minimum atomic E-state index is -0.617. The van der Waals surface area contributed by atoms with E-state index in [4.69, 9.17) is 4.74 Å². The number of rotatable bonds is 3. The molecule has 1 amide bonds. The SMILES string of the molecule is COc1ccc(C(=O)Nc2cc(C)cc(Br)c2)c(F)c1. The third-order valence-corrected chi connectivity index (χ3v) is 3.18. The molecule has 0 aliphatic carbocycles. The van der Waals surface area contributed by atoms with Crippen molar-refractivity contribution in [1.29, 1.82) is 0 Å². The quantitative estimate of drug-likeness (QED) is 0.913. The molecule has 0 saturated heterocycles. The number of carbonyl (C=O) groups excluding carboxylic acids is 1. The number of nitrogens with one attached hydrogen (secondary N) is 1. The Morgan fingerprint density at radius 1 is 1.25 bits per heavy atom. The smallest absolute Gasteiger partial charge is 0.258 e. The maximum atomic E-state index is 13.8. The van der Waals surface area contributed by atoms with Gasteiger partial charge in [-0.1, -0.05) is 15.9 Å². The number of halogens is 2. The largest absolute Gasteiger partial charge is 0.497 e. The number of carbonyl (C=O) groups is 1. The normalized spacial score (nSPS) is 10.2. The van der Waals surface area contributed by atoms with Crippen molar-refractivity contribution in [2.24, 2.45) is 0 Å². The fraction of sp³-hybridized carbons (Fsp3) is 0.133. The second-order valence-electron chi connectivity index (χ2n) is 4.32. The van der Waals surface area contributed by atoms with Gasteiger partial charge in [0.15, 0.2) is 0 Å². The molecule has 0 spiro atoms. The summed E-state index contributed by atoms with van der Waals surface area (Å²) >= 11 is 3.35. The maximum Gasteiger partial charge on any atom is 0.258 e. The van der Waals surface area contributed by atoms with E-state index in [1.807, 2.05) is 19.1 Å². The second kappa shape index (κ2) is 6.05. The minimum absolute atomic E-state index is 0.0246. The second-order valence-corrected chi connectivity index (χ2v) is 5.23. The number of ether oxygens (including phenoxy) is 1. The zero-order valence-corrected chi connectivity index (χ0v) is 12.6. The van der Waals surface area contributed by atoms with Crippen molar-refractivity contribution >= 4 is 27.5 Å². The van der Waals surface area contributed by atoms with Crippen LogP contribution in [-0.2, 0) is 0 Å². The highest BCUT2D eigenvalue weighted by atomic mass is 79.9. The summed E-state index contributed by atoms with van der Waals surface area (Å²) in [5.74, 6) is -0.742. The van der Waals surface area contributed by atoms with Crippen LogP contribution in [0.15, 0.2) is 40.9 Å². The number of amides is 1. The Morgan fingerprint density at radius 3 is 2.60 bits per heavy atom. The van der Waals surface area contributed by atoms with Gasteiger partial charge in [-0.3, -0.25) is 4.79 Å². The Morgan fingerprint density at radius 2 is 2.00 bits per heavy atom. The Labute approximate surface area is 124 Å². The Hall–Kier alpha value is -1.88. The van der Waals surface area contributed by atoms with Gasteiger partial charge in [-0.05, 0) is 42.8 Å². The van der Waals surface area contributed by atoms with Gasteiger partial charge in [0.2, 0.25) is 0 Å². The van der Waals surface area contributed by atoms with Crippen molar-refractivity contribution in [1.82, 2.24) is 0 Å². The van der Waals surface area contributed by atoms with Gasteiger partial charge < -0.3 is 10.1 Å². The van der Waals surface area contributed by atoms with E-state index >= 15 is 0 Å². The van der Waals surface area contributed by atoms with Gasteiger partial charge in [0, 0.05) is 16.2 Å². The molecular formula is C15H13BrFNO2. The lowest BCUT2D eigenvalue weighted by Gasteiger charge is -2.08. The molecular weight excluding hydrogens is 325 g/mol. The fourth-order valence-electron chi connectivity index (χ4n) is 1.81. The van der Waals surface area contributed by atoms with E-state index in [0.717, 1.165) is 10.0 Å². The Kier molecular flexibility index (Phi) is 4.39. The van der Waals surface area contributed by atoms with Gasteiger partial charge in [0.1, 0.15) is 11.6 Å². The van der Waals surface area contributed by atoms with Gasteiger partial charge in [-0.25, -0.2) is 4.39 Å². The first kappa shape index (κ1) is 14.5. The predicted octanol–water partition coefficient (Wildman–Crippen LogP) is 4.16. The number of hydrogen-bond acceptors (Lipinski definition) is 2. The van der Waals surface area contributed by atoms with E-state index in [-0.39, 0.29) is 5.56 Å². The molecule has 1 N–H and O–H groups in total. The molecule has 0 aromatic heterocycles. The Bertz CT molecular complexity index is 638. The van der Waals surface area contributed by atoms with Crippen LogP contribution >= 0.6 is 15.9 Å². The first-order valence-corrected chi connectivity index (χ1v) is 6.71. The zero-order valence-electron chi connectivity index (χ0n) is 11.0. The molecule has 0 fully saturated rings. The summed E-state index contributed by atoms with van der Waals surface area (Å²) in [6.07, 6.45) is 0. The van der Waals surface area contributed by atoms with Crippen LogP contribution in [0.2, 0.25) is 0 Å². The molecule has 2 rings (SSSR count). The summed E-state index contributed by atoms with van der Waals surface area (Å²) in [4.78, 5) is 12.0. The van der Waals surface area contributed by atoms with Crippen molar-refractivity contribution in [3.63, 3.8) is 0 Å². The number of hydrogen-bond donors (Lipinski definition) is 1. The van der Waals surface area contributed by atoms with E-state index in [9.17, 15) is 9.18 Å². The highest BCUT2D eigenvalue weighted by Crippen LogP contribution is 2.21. The van der Waals surface area contributed by atoms with E-state index in [1.165, 1.54) is 19.2 Å². The van der Waals surface area contributed by atoms with Crippen LogP contribution in [-0.4, -0.2) is 13.0 Å². The van der Waals surface area contributed by atoms with Gasteiger partial charge >= 0.3 is 0 Å². The van der Waals surface area contributed by atoms with Crippen molar-refractivity contribution in [2.45, 2.75) is 6.92 Å². The molecule has 0 atom stereocenters. The molecule has 2 aromatic rings. The summed E-state index contributed by atoms with van der Waals surface area (Å²) in [6.45, 7) is 1.91. The van der Waals surface area contributed by atoms with Crippen molar-refractivity contribution in [2.75, 3.05) is 12.4 Å². The summed E-state index contributed by atoms with van der Waals surface area (Å²) in [5.41, 5.74) is 1.57. The number of anilines is 1. The van der Waals surface area contributed by atoms with Crippen LogP contribution in [0.1, 0.15) is 15.9 Å². The summed E-state index contributed by atoms with van der Waals surface area (Å²) in [7, 11) is 1.44. The van der Waals surface area contributed by atoms with E-state index in [1.54, 1.807) is 12.1 Å². The number of aryl methyl sites for hydroxylation is 1. The summed E-state index contributed by atoms with van der Waals surface area (Å²) in [5, 5.41) is 2.67. The average Bonchev–Trinajstić information content (AvgIpc) is 2.36. The van der Waals surface area contributed by atoms with Crippen LogP contribution in [0.5, 0.6) is 5.75 Å². The fourth-order valence-corrected chi connectivity index (χ4v) is 2.42.